The highest BCUT2D eigenvalue weighted by atomic mass is 35.5. The topological polar surface area (TPSA) is 45.0 Å². The van der Waals surface area contributed by atoms with E-state index in [0.29, 0.717) is 21.2 Å². The number of carbonyl (C=O) groups excluding carboxylic acids is 1. The molecule has 6 heteroatoms. The number of hydrogen-bond donors (Lipinski definition) is 0. The molecule has 4 nitrogen and oxygen atoms in total. The number of ketones is 1. The summed E-state index contributed by atoms with van der Waals surface area (Å²) in [5, 5.41) is 0.796. The zero-order chi connectivity index (χ0) is 15.6. The van der Waals surface area contributed by atoms with Gasteiger partial charge in [0.05, 0.1) is 10.6 Å². The highest BCUT2D eigenvalue weighted by Gasteiger charge is 2.34. The summed E-state index contributed by atoms with van der Waals surface area (Å²) < 4.78 is 0. The van der Waals surface area contributed by atoms with Gasteiger partial charge < -0.3 is 4.90 Å². The molecule has 0 unspecified atom stereocenters. The SMILES string of the molecule is CN(C)/C=C(/C(=O)c1ccc(Cl)cc1Cl)C1(C)N=CC=N1. The summed E-state index contributed by atoms with van der Waals surface area (Å²) in [5.74, 6) is -0.218. The minimum atomic E-state index is -0.926. The van der Waals surface area contributed by atoms with Gasteiger partial charge in [0.1, 0.15) is 0 Å². The standard InChI is InChI=1S/C15H15Cl2N3O/c1-15(18-6-7-19-15)12(9-20(2)3)14(21)11-5-4-10(16)8-13(11)17/h4-9H,1-3H3/b12-9-. The maximum Gasteiger partial charge on any atom is 0.196 e. The summed E-state index contributed by atoms with van der Waals surface area (Å²) in [7, 11) is 3.67. The van der Waals surface area contributed by atoms with E-state index in [9.17, 15) is 4.79 Å². The Balaban J connectivity index is 2.49. The van der Waals surface area contributed by atoms with E-state index in [-0.39, 0.29) is 5.78 Å². The summed E-state index contributed by atoms with van der Waals surface area (Å²) in [6.45, 7) is 1.78. The fraction of sp³-hybridized carbons (Fsp3) is 0.267. The van der Waals surface area contributed by atoms with Crippen molar-refractivity contribution in [1.29, 1.82) is 0 Å². The van der Waals surface area contributed by atoms with Crippen LogP contribution in [-0.2, 0) is 0 Å². The Morgan fingerprint density at radius 2 is 1.86 bits per heavy atom. The number of benzene rings is 1. The lowest BCUT2D eigenvalue weighted by atomic mass is 9.94. The van der Waals surface area contributed by atoms with Crippen molar-refractivity contribution in [3.63, 3.8) is 0 Å². The van der Waals surface area contributed by atoms with Crippen molar-refractivity contribution in [2.45, 2.75) is 12.6 Å². The highest BCUT2D eigenvalue weighted by molar-refractivity contribution is 6.37. The zero-order valence-electron chi connectivity index (χ0n) is 12.0. The van der Waals surface area contributed by atoms with Gasteiger partial charge in [-0.3, -0.25) is 14.8 Å². The predicted octanol–water partition coefficient (Wildman–Crippen LogP) is 3.49. The van der Waals surface area contributed by atoms with E-state index in [1.807, 2.05) is 14.1 Å². The van der Waals surface area contributed by atoms with Crippen molar-refractivity contribution in [2.75, 3.05) is 14.1 Å². The van der Waals surface area contributed by atoms with Crippen LogP contribution in [-0.4, -0.2) is 42.9 Å². The number of Topliss-reactive ketones (excluding diaryl/α,β-unsaturated/α-hetero) is 1. The minimum Gasteiger partial charge on any atom is -0.383 e. The van der Waals surface area contributed by atoms with Gasteiger partial charge in [0.2, 0.25) is 0 Å². The summed E-state index contributed by atoms with van der Waals surface area (Å²) in [6.07, 6.45) is 4.88. The van der Waals surface area contributed by atoms with E-state index in [4.69, 9.17) is 23.2 Å². The lowest BCUT2D eigenvalue weighted by Gasteiger charge is -2.22. The van der Waals surface area contributed by atoms with Gasteiger partial charge in [0, 0.05) is 43.3 Å². The molecule has 0 spiro atoms. The summed E-state index contributed by atoms with van der Waals surface area (Å²) >= 11 is 12.0. The minimum absolute atomic E-state index is 0.218. The van der Waals surface area contributed by atoms with Gasteiger partial charge >= 0.3 is 0 Å². The van der Waals surface area contributed by atoms with Crippen LogP contribution in [0, 0.1) is 0 Å². The summed E-state index contributed by atoms with van der Waals surface area (Å²) in [5.41, 5.74) is -0.0981. The molecule has 0 fully saturated rings. The third-order valence-electron chi connectivity index (χ3n) is 3.04. The smallest absolute Gasteiger partial charge is 0.196 e. The molecule has 0 atom stereocenters. The van der Waals surface area contributed by atoms with E-state index in [0.717, 1.165) is 0 Å². The molecular weight excluding hydrogens is 309 g/mol. The maximum atomic E-state index is 12.8. The Labute approximate surface area is 133 Å². The summed E-state index contributed by atoms with van der Waals surface area (Å²) in [4.78, 5) is 23.2. The average molecular weight is 324 g/mol. The van der Waals surface area contributed by atoms with Gasteiger partial charge in [0.25, 0.3) is 0 Å². The van der Waals surface area contributed by atoms with Gasteiger partial charge in [-0.2, -0.15) is 0 Å². The van der Waals surface area contributed by atoms with Crippen molar-refractivity contribution >= 4 is 41.4 Å². The molecule has 0 aromatic heterocycles. The fourth-order valence-electron chi connectivity index (χ4n) is 2.00. The van der Waals surface area contributed by atoms with E-state index in [1.165, 1.54) is 0 Å². The Morgan fingerprint density at radius 1 is 1.24 bits per heavy atom. The number of hydrogen-bond acceptors (Lipinski definition) is 4. The van der Waals surface area contributed by atoms with Gasteiger partial charge in [-0.1, -0.05) is 23.2 Å². The Hall–Kier alpha value is -1.65. The quantitative estimate of drug-likeness (QED) is 0.629. The first-order valence-corrected chi connectivity index (χ1v) is 7.06. The molecule has 1 aliphatic heterocycles. The molecule has 1 aromatic carbocycles. The second-order valence-corrected chi connectivity index (χ2v) is 5.88. The monoisotopic (exact) mass is 323 g/mol. The first-order valence-electron chi connectivity index (χ1n) is 6.31. The number of rotatable bonds is 4. The maximum absolute atomic E-state index is 12.8. The second kappa shape index (κ2) is 6.00. The van der Waals surface area contributed by atoms with E-state index >= 15 is 0 Å². The number of carbonyl (C=O) groups is 1. The molecule has 110 valence electrons. The Bertz CT molecular complexity index is 651. The van der Waals surface area contributed by atoms with Crippen LogP contribution in [0.15, 0.2) is 40.0 Å². The van der Waals surface area contributed by atoms with Crippen LogP contribution in [0.4, 0.5) is 0 Å². The molecule has 0 saturated heterocycles. The van der Waals surface area contributed by atoms with E-state index < -0.39 is 5.66 Å². The first-order chi connectivity index (χ1) is 9.83. The van der Waals surface area contributed by atoms with Gasteiger partial charge in [-0.05, 0) is 25.1 Å². The van der Waals surface area contributed by atoms with E-state index in [1.54, 1.807) is 48.7 Å². The normalized spacial score (nSPS) is 16.3. The lowest BCUT2D eigenvalue weighted by molar-refractivity contribution is 0.102. The lowest BCUT2D eigenvalue weighted by Crippen LogP contribution is -2.28. The molecule has 21 heavy (non-hydrogen) atoms. The van der Waals surface area contributed by atoms with Crippen molar-refractivity contribution in [3.05, 3.63) is 45.6 Å². The molecule has 0 N–H and O–H groups in total. The average Bonchev–Trinajstić information content (AvgIpc) is 2.83. The molecule has 1 heterocycles. The van der Waals surface area contributed by atoms with Crippen LogP contribution >= 0.6 is 23.2 Å². The van der Waals surface area contributed by atoms with Crippen LogP contribution in [0.1, 0.15) is 17.3 Å². The van der Waals surface area contributed by atoms with Crippen LogP contribution in [0.2, 0.25) is 10.0 Å². The molecule has 0 aliphatic carbocycles. The van der Waals surface area contributed by atoms with Crippen molar-refractivity contribution in [1.82, 2.24) is 4.90 Å². The Morgan fingerprint density at radius 3 is 2.38 bits per heavy atom. The van der Waals surface area contributed by atoms with Crippen molar-refractivity contribution < 1.29 is 4.79 Å². The number of halogens is 2. The largest absolute Gasteiger partial charge is 0.383 e. The Kier molecular flexibility index (Phi) is 4.49. The van der Waals surface area contributed by atoms with Crippen LogP contribution in [0.25, 0.3) is 0 Å². The molecule has 0 saturated carbocycles. The molecule has 1 aliphatic rings. The molecule has 0 radical (unpaired) electrons. The molecule has 2 rings (SSSR count). The third-order valence-corrected chi connectivity index (χ3v) is 3.58. The molecular formula is C15H15Cl2N3O. The molecule has 1 aromatic rings. The summed E-state index contributed by atoms with van der Waals surface area (Å²) in [6, 6.07) is 4.80. The molecule has 0 bridgehead atoms. The van der Waals surface area contributed by atoms with E-state index in [2.05, 4.69) is 9.98 Å². The molecule has 0 amide bonds. The number of nitrogens with zero attached hydrogens (tertiary/aromatic N) is 3. The second-order valence-electron chi connectivity index (χ2n) is 5.04. The fourth-order valence-corrected chi connectivity index (χ4v) is 2.50. The van der Waals surface area contributed by atoms with Gasteiger partial charge in [-0.25, -0.2) is 0 Å². The highest BCUT2D eigenvalue weighted by Crippen LogP contribution is 2.31. The first kappa shape index (κ1) is 15.7. The number of aliphatic imine (C=N–C) groups is 2. The van der Waals surface area contributed by atoms with Crippen molar-refractivity contribution in [3.8, 4) is 0 Å². The predicted molar refractivity (Wildman–Crippen MR) is 88.0 cm³/mol. The van der Waals surface area contributed by atoms with Gasteiger partial charge in [0.15, 0.2) is 11.4 Å². The van der Waals surface area contributed by atoms with Crippen LogP contribution in [0.5, 0.6) is 0 Å². The van der Waals surface area contributed by atoms with Crippen LogP contribution in [0.3, 0.4) is 0 Å². The third kappa shape index (κ3) is 3.34. The zero-order valence-corrected chi connectivity index (χ0v) is 13.5. The van der Waals surface area contributed by atoms with Crippen LogP contribution < -0.4 is 0 Å². The van der Waals surface area contributed by atoms with Crippen molar-refractivity contribution in [2.24, 2.45) is 9.98 Å². The van der Waals surface area contributed by atoms with Gasteiger partial charge in [-0.15, -0.1) is 0 Å².